The van der Waals surface area contributed by atoms with E-state index in [2.05, 4.69) is 15.9 Å². The van der Waals surface area contributed by atoms with Crippen LogP contribution in [0.4, 0.5) is 4.39 Å². The molecule has 0 saturated carbocycles. The van der Waals surface area contributed by atoms with Gasteiger partial charge in [-0.1, -0.05) is 45.7 Å². The number of halogens is 3. The molecular formula is C15H13BrClFO. The van der Waals surface area contributed by atoms with Crippen LogP contribution in [0.5, 0.6) is 5.75 Å². The predicted molar refractivity (Wildman–Crippen MR) is 79.9 cm³/mol. The van der Waals surface area contributed by atoms with Gasteiger partial charge in [-0.15, -0.1) is 0 Å². The Morgan fingerprint density at radius 1 is 1.21 bits per heavy atom. The van der Waals surface area contributed by atoms with E-state index in [1.165, 1.54) is 6.07 Å². The van der Waals surface area contributed by atoms with Crippen LogP contribution < -0.4 is 4.74 Å². The highest BCUT2D eigenvalue weighted by Crippen LogP contribution is 2.38. The van der Waals surface area contributed by atoms with Crippen LogP contribution in [-0.4, -0.2) is 7.11 Å². The van der Waals surface area contributed by atoms with Gasteiger partial charge in [0.05, 0.1) is 11.9 Å². The lowest BCUT2D eigenvalue weighted by Crippen LogP contribution is -1.98. The lowest BCUT2D eigenvalue weighted by atomic mass is 10.0. The molecule has 0 bridgehead atoms. The van der Waals surface area contributed by atoms with E-state index in [1.54, 1.807) is 26.2 Å². The zero-order chi connectivity index (χ0) is 14.0. The molecule has 0 aliphatic carbocycles. The lowest BCUT2D eigenvalue weighted by molar-refractivity contribution is 0.410. The van der Waals surface area contributed by atoms with Crippen LogP contribution in [0.2, 0.25) is 5.02 Å². The second-order valence-electron chi connectivity index (χ2n) is 4.26. The summed E-state index contributed by atoms with van der Waals surface area (Å²) in [6.07, 6.45) is 0. The number of methoxy groups -OCH3 is 1. The molecule has 0 amide bonds. The van der Waals surface area contributed by atoms with E-state index in [0.717, 1.165) is 11.1 Å². The third-order valence-electron chi connectivity index (χ3n) is 2.94. The van der Waals surface area contributed by atoms with Crippen molar-refractivity contribution in [3.05, 3.63) is 63.9 Å². The van der Waals surface area contributed by atoms with Crippen molar-refractivity contribution in [3.63, 3.8) is 0 Å². The van der Waals surface area contributed by atoms with Gasteiger partial charge in [0, 0.05) is 10.6 Å². The van der Waals surface area contributed by atoms with Gasteiger partial charge in [0.25, 0.3) is 0 Å². The zero-order valence-electron chi connectivity index (χ0n) is 10.6. The Morgan fingerprint density at radius 2 is 1.95 bits per heavy atom. The summed E-state index contributed by atoms with van der Waals surface area (Å²) in [5, 5.41) is 0.621. The van der Waals surface area contributed by atoms with Crippen molar-refractivity contribution in [2.45, 2.75) is 11.8 Å². The van der Waals surface area contributed by atoms with Gasteiger partial charge in [0.1, 0.15) is 11.6 Å². The Morgan fingerprint density at radius 3 is 2.58 bits per heavy atom. The topological polar surface area (TPSA) is 9.23 Å². The maximum Gasteiger partial charge on any atom is 0.126 e. The fourth-order valence-corrected chi connectivity index (χ4v) is 2.72. The summed E-state index contributed by atoms with van der Waals surface area (Å²) < 4.78 is 18.6. The van der Waals surface area contributed by atoms with Crippen LogP contribution >= 0.6 is 27.5 Å². The van der Waals surface area contributed by atoms with E-state index < -0.39 is 0 Å². The molecule has 0 aromatic heterocycles. The highest BCUT2D eigenvalue weighted by molar-refractivity contribution is 9.09. The van der Waals surface area contributed by atoms with Gasteiger partial charge in [0.15, 0.2) is 0 Å². The number of rotatable bonds is 3. The van der Waals surface area contributed by atoms with E-state index in [4.69, 9.17) is 16.3 Å². The van der Waals surface area contributed by atoms with Crippen molar-refractivity contribution in [1.82, 2.24) is 0 Å². The van der Waals surface area contributed by atoms with Gasteiger partial charge in [0.2, 0.25) is 0 Å². The summed E-state index contributed by atoms with van der Waals surface area (Å²) >= 11 is 9.57. The average molecular weight is 344 g/mol. The largest absolute Gasteiger partial charge is 0.496 e. The molecule has 2 rings (SSSR count). The van der Waals surface area contributed by atoms with Crippen molar-refractivity contribution in [1.29, 1.82) is 0 Å². The predicted octanol–water partition coefficient (Wildman–Crippen LogP) is 5.28. The Bertz CT molecular complexity index is 601. The minimum absolute atomic E-state index is 0.0704. The van der Waals surface area contributed by atoms with E-state index in [0.29, 0.717) is 16.3 Å². The minimum Gasteiger partial charge on any atom is -0.496 e. The minimum atomic E-state index is -0.202. The van der Waals surface area contributed by atoms with Crippen molar-refractivity contribution in [3.8, 4) is 5.75 Å². The van der Waals surface area contributed by atoms with Gasteiger partial charge in [-0.2, -0.15) is 0 Å². The molecule has 0 spiro atoms. The molecule has 0 aliphatic rings. The molecule has 0 heterocycles. The SMILES string of the molecule is COc1cc(Cl)ccc1C(Br)c1ccc(F)c(C)c1. The van der Waals surface area contributed by atoms with Crippen LogP contribution in [0, 0.1) is 12.7 Å². The normalized spacial score (nSPS) is 12.3. The second-order valence-corrected chi connectivity index (χ2v) is 5.61. The van der Waals surface area contributed by atoms with Crippen LogP contribution in [0.15, 0.2) is 36.4 Å². The van der Waals surface area contributed by atoms with Gasteiger partial charge in [-0.05, 0) is 36.2 Å². The fraction of sp³-hybridized carbons (Fsp3) is 0.200. The molecule has 1 atom stereocenters. The molecule has 0 N–H and O–H groups in total. The van der Waals surface area contributed by atoms with Crippen molar-refractivity contribution in [2.75, 3.05) is 7.11 Å². The van der Waals surface area contributed by atoms with Crippen molar-refractivity contribution >= 4 is 27.5 Å². The second kappa shape index (κ2) is 5.93. The number of ether oxygens (including phenoxy) is 1. The molecule has 0 aliphatic heterocycles. The molecule has 0 radical (unpaired) electrons. The summed E-state index contributed by atoms with van der Waals surface area (Å²) in [7, 11) is 1.60. The standard InChI is InChI=1S/C15H13BrClFO/c1-9-7-10(3-6-13(9)18)15(16)12-5-4-11(17)8-14(12)19-2/h3-8,15H,1-2H3. The van der Waals surface area contributed by atoms with Crippen LogP contribution in [0.3, 0.4) is 0 Å². The van der Waals surface area contributed by atoms with Gasteiger partial charge in [-0.25, -0.2) is 4.39 Å². The first-order chi connectivity index (χ1) is 9.02. The number of aryl methyl sites for hydroxylation is 1. The van der Waals surface area contributed by atoms with Gasteiger partial charge >= 0.3 is 0 Å². The summed E-state index contributed by atoms with van der Waals surface area (Å²) in [6.45, 7) is 1.75. The van der Waals surface area contributed by atoms with Crippen LogP contribution in [0.25, 0.3) is 0 Å². The maximum absolute atomic E-state index is 13.3. The molecule has 100 valence electrons. The van der Waals surface area contributed by atoms with Gasteiger partial charge < -0.3 is 4.74 Å². The quantitative estimate of drug-likeness (QED) is 0.689. The first kappa shape index (κ1) is 14.4. The monoisotopic (exact) mass is 342 g/mol. The number of alkyl halides is 1. The molecule has 19 heavy (non-hydrogen) atoms. The Balaban J connectivity index is 2.43. The number of hydrogen-bond acceptors (Lipinski definition) is 1. The first-order valence-electron chi connectivity index (χ1n) is 5.76. The van der Waals surface area contributed by atoms with E-state index in [9.17, 15) is 4.39 Å². The molecule has 1 unspecified atom stereocenters. The highest BCUT2D eigenvalue weighted by Gasteiger charge is 2.16. The molecule has 0 fully saturated rings. The molecule has 0 saturated heterocycles. The molecule has 4 heteroatoms. The molecule has 2 aromatic carbocycles. The van der Waals surface area contributed by atoms with Crippen LogP contribution in [-0.2, 0) is 0 Å². The Kier molecular flexibility index (Phi) is 4.48. The smallest absolute Gasteiger partial charge is 0.126 e. The fourth-order valence-electron chi connectivity index (χ4n) is 1.90. The Labute approximate surface area is 125 Å². The summed E-state index contributed by atoms with van der Waals surface area (Å²) in [5.74, 6) is 0.503. The molecule has 1 nitrogen and oxygen atoms in total. The maximum atomic E-state index is 13.3. The molecule has 2 aromatic rings. The van der Waals surface area contributed by atoms with E-state index >= 15 is 0 Å². The van der Waals surface area contributed by atoms with Crippen molar-refractivity contribution in [2.24, 2.45) is 0 Å². The van der Waals surface area contributed by atoms with Crippen molar-refractivity contribution < 1.29 is 9.13 Å². The number of benzene rings is 2. The molecular weight excluding hydrogens is 331 g/mol. The summed E-state index contributed by atoms with van der Waals surface area (Å²) in [4.78, 5) is -0.0704. The lowest BCUT2D eigenvalue weighted by Gasteiger charge is -2.15. The first-order valence-corrected chi connectivity index (χ1v) is 7.06. The highest BCUT2D eigenvalue weighted by atomic mass is 79.9. The summed E-state index contributed by atoms with van der Waals surface area (Å²) in [5.41, 5.74) is 2.55. The van der Waals surface area contributed by atoms with E-state index in [-0.39, 0.29) is 10.6 Å². The van der Waals surface area contributed by atoms with Gasteiger partial charge in [-0.3, -0.25) is 0 Å². The van der Waals surface area contributed by atoms with Crippen LogP contribution in [0.1, 0.15) is 21.5 Å². The summed E-state index contributed by atoms with van der Waals surface area (Å²) in [6, 6.07) is 10.5. The van der Waals surface area contributed by atoms with E-state index in [1.807, 2.05) is 18.2 Å². The number of hydrogen-bond donors (Lipinski definition) is 0. The third kappa shape index (κ3) is 3.10. The third-order valence-corrected chi connectivity index (χ3v) is 4.20. The Hall–Kier alpha value is -1.06. The average Bonchev–Trinajstić information content (AvgIpc) is 2.41. The zero-order valence-corrected chi connectivity index (χ0v) is 12.9.